The van der Waals surface area contributed by atoms with E-state index in [2.05, 4.69) is 28.6 Å². The minimum Gasteiger partial charge on any atom is -0.384 e. The minimum absolute atomic E-state index is 0.492. The van der Waals surface area contributed by atoms with Crippen LogP contribution in [0.1, 0.15) is 23.3 Å². The molecule has 1 spiro atoms. The van der Waals surface area contributed by atoms with Crippen LogP contribution in [0.5, 0.6) is 0 Å². The molecule has 112 valence electrons. The van der Waals surface area contributed by atoms with Gasteiger partial charge in [-0.1, -0.05) is 0 Å². The number of ether oxygens (including phenoxy) is 1. The number of nitrogens with zero attached hydrogens (tertiary/aromatic N) is 1. The Bertz CT molecular complexity index is 439. The molecule has 2 aliphatic heterocycles. The number of hydrogen-bond donors (Lipinski definition) is 1. The lowest BCUT2D eigenvalue weighted by molar-refractivity contribution is 0.0716. The molecule has 0 saturated carbocycles. The van der Waals surface area contributed by atoms with Gasteiger partial charge >= 0.3 is 0 Å². The lowest BCUT2D eigenvalue weighted by atomic mass is 9.71. The van der Waals surface area contributed by atoms with Crippen LogP contribution in [-0.4, -0.2) is 44.8 Å². The Labute approximate surface area is 126 Å². The molecule has 2 aliphatic rings. The van der Waals surface area contributed by atoms with Crippen LogP contribution in [0.3, 0.4) is 0 Å². The Morgan fingerprint density at radius 1 is 1.45 bits per heavy atom. The standard InChI is InChI=1S/C16H26N2OS/c1-13-3-8-20-15(13)10-18-9-14(11-19-2)16(12-18)4-6-17-7-5-16/h3,8,14,17H,4-7,9-12H2,1-2H3. The number of methoxy groups -OCH3 is 1. The summed E-state index contributed by atoms with van der Waals surface area (Å²) in [6.45, 7) is 9.07. The Morgan fingerprint density at radius 3 is 2.90 bits per heavy atom. The van der Waals surface area contributed by atoms with E-state index in [1.807, 2.05) is 18.4 Å². The first-order valence-corrected chi connectivity index (χ1v) is 8.56. The molecule has 1 unspecified atom stereocenters. The number of piperidine rings is 1. The quantitative estimate of drug-likeness (QED) is 0.923. The van der Waals surface area contributed by atoms with E-state index in [9.17, 15) is 0 Å². The van der Waals surface area contributed by atoms with Crippen molar-refractivity contribution in [2.45, 2.75) is 26.3 Å². The summed E-state index contributed by atoms with van der Waals surface area (Å²) in [5.74, 6) is 0.704. The summed E-state index contributed by atoms with van der Waals surface area (Å²) in [6, 6.07) is 2.24. The van der Waals surface area contributed by atoms with Gasteiger partial charge in [0.2, 0.25) is 0 Å². The van der Waals surface area contributed by atoms with Crippen molar-refractivity contribution in [3.05, 3.63) is 21.9 Å². The van der Waals surface area contributed by atoms with E-state index in [-0.39, 0.29) is 0 Å². The maximum Gasteiger partial charge on any atom is 0.0508 e. The molecule has 1 atom stereocenters. The highest BCUT2D eigenvalue weighted by molar-refractivity contribution is 7.10. The fourth-order valence-corrected chi connectivity index (χ4v) is 4.90. The summed E-state index contributed by atoms with van der Waals surface area (Å²) >= 11 is 1.90. The molecule has 2 saturated heterocycles. The Morgan fingerprint density at radius 2 is 2.25 bits per heavy atom. The molecule has 20 heavy (non-hydrogen) atoms. The zero-order valence-electron chi connectivity index (χ0n) is 12.7. The van der Waals surface area contributed by atoms with E-state index >= 15 is 0 Å². The maximum absolute atomic E-state index is 5.52. The molecule has 0 aromatic carbocycles. The van der Waals surface area contributed by atoms with Gasteiger partial charge in [0.1, 0.15) is 0 Å². The third kappa shape index (κ3) is 2.80. The lowest BCUT2D eigenvalue weighted by Crippen LogP contribution is -2.43. The summed E-state index contributed by atoms with van der Waals surface area (Å²) in [6.07, 6.45) is 2.61. The van der Waals surface area contributed by atoms with E-state index in [1.54, 1.807) is 0 Å². The second-order valence-corrected chi connectivity index (χ2v) is 7.46. The smallest absolute Gasteiger partial charge is 0.0508 e. The topological polar surface area (TPSA) is 24.5 Å². The first-order valence-electron chi connectivity index (χ1n) is 7.68. The summed E-state index contributed by atoms with van der Waals surface area (Å²) in [5, 5.41) is 5.73. The van der Waals surface area contributed by atoms with Crippen molar-refractivity contribution in [2.24, 2.45) is 11.3 Å². The van der Waals surface area contributed by atoms with Crippen molar-refractivity contribution in [1.82, 2.24) is 10.2 Å². The van der Waals surface area contributed by atoms with Gasteiger partial charge in [0.05, 0.1) is 6.61 Å². The predicted molar refractivity (Wildman–Crippen MR) is 84.2 cm³/mol. The van der Waals surface area contributed by atoms with Crippen molar-refractivity contribution in [1.29, 1.82) is 0 Å². The monoisotopic (exact) mass is 294 g/mol. The zero-order chi connectivity index (χ0) is 14.0. The summed E-state index contributed by atoms with van der Waals surface area (Å²) in [7, 11) is 1.85. The maximum atomic E-state index is 5.52. The van der Waals surface area contributed by atoms with Crippen molar-refractivity contribution >= 4 is 11.3 Å². The predicted octanol–water partition coefficient (Wildman–Crippen LogP) is 2.50. The molecule has 0 amide bonds. The summed E-state index contributed by atoms with van der Waals surface area (Å²) in [5.41, 5.74) is 1.94. The van der Waals surface area contributed by atoms with Crippen LogP contribution in [0.15, 0.2) is 11.4 Å². The van der Waals surface area contributed by atoms with Gasteiger partial charge in [0, 0.05) is 37.5 Å². The van der Waals surface area contributed by atoms with Crippen LogP contribution < -0.4 is 5.32 Å². The SMILES string of the molecule is COCC1CN(Cc2sccc2C)CC12CCNCC2. The molecule has 4 heteroatoms. The molecule has 2 fully saturated rings. The van der Waals surface area contributed by atoms with E-state index in [4.69, 9.17) is 4.74 Å². The van der Waals surface area contributed by atoms with Gasteiger partial charge < -0.3 is 10.1 Å². The highest BCUT2D eigenvalue weighted by atomic mass is 32.1. The number of rotatable bonds is 4. The van der Waals surface area contributed by atoms with Crippen LogP contribution in [0.25, 0.3) is 0 Å². The average molecular weight is 294 g/mol. The first kappa shape index (κ1) is 14.5. The Hall–Kier alpha value is -0.420. The number of thiophene rings is 1. The van der Waals surface area contributed by atoms with Gasteiger partial charge in [-0.2, -0.15) is 0 Å². The van der Waals surface area contributed by atoms with E-state index in [0.29, 0.717) is 11.3 Å². The Kier molecular flexibility index (Phi) is 4.46. The van der Waals surface area contributed by atoms with Crippen LogP contribution >= 0.6 is 11.3 Å². The molecule has 0 bridgehead atoms. The summed E-state index contributed by atoms with van der Waals surface area (Å²) in [4.78, 5) is 4.19. The van der Waals surface area contributed by atoms with E-state index in [1.165, 1.54) is 49.5 Å². The number of aryl methyl sites for hydroxylation is 1. The summed E-state index contributed by atoms with van der Waals surface area (Å²) < 4.78 is 5.52. The van der Waals surface area contributed by atoms with Crippen LogP contribution in [0, 0.1) is 18.3 Å². The molecule has 3 heterocycles. The van der Waals surface area contributed by atoms with Crippen LogP contribution in [0.2, 0.25) is 0 Å². The number of nitrogens with one attached hydrogen (secondary N) is 1. The number of hydrogen-bond acceptors (Lipinski definition) is 4. The third-order valence-corrected chi connectivity index (χ3v) is 6.19. The molecule has 1 aromatic heterocycles. The molecular weight excluding hydrogens is 268 g/mol. The van der Waals surface area contributed by atoms with Crippen molar-refractivity contribution in [3.8, 4) is 0 Å². The molecule has 1 N–H and O–H groups in total. The average Bonchev–Trinajstić information content (AvgIpc) is 2.98. The molecule has 3 nitrogen and oxygen atoms in total. The van der Waals surface area contributed by atoms with Gasteiger partial charge in [-0.3, -0.25) is 4.90 Å². The lowest BCUT2D eigenvalue weighted by Gasteiger charge is -2.38. The van der Waals surface area contributed by atoms with Crippen LogP contribution in [0.4, 0.5) is 0 Å². The van der Waals surface area contributed by atoms with Crippen molar-refractivity contribution in [3.63, 3.8) is 0 Å². The second kappa shape index (κ2) is 6.14. The molecular formula is C16H26N2OS. The largest absolute Gasteiger partial charge is 0.384 e. The Balaban J connectivity index is 1.71. The van der Waals surface area contributed by atoms with Gasteiger partial charge in [-0.05, 0) is 55.3 Å². The molecule has 0 aliphatic carbocycles. The fraction of sp³-hybridized carbons (Fsp3) is 0.750. The molecule has 1 aromatic rings. The van der Waals surface area contributed by atoms with Gasteiger partial charge in [-0.25, -0.2) is 0 Å². The van der Waals surface area contributed by atoms with E-state index < -0.39 is 0 Å². The highest BCUT2D eigenvalue weighted by Crippen LogP contribution is 2.44. The zero-order valence-corrected chi connectivity index (χ0v) is 13.5. The molecule has 0 radical (unpaired) electrons. The van der Waals surface area contributed by atoms with Gasteiger partial charge in [-0.15, -0.1) is 11.3 Å². The highest BCUT2D eigenvalue weighted by Gasteiger charge is 2.46. The normalized spacial score (nSPS) is 26.4. The van der Waals surface area contributed by atoms with E-state index in [0.717, 1.165) is 13.2 Å². The second-order valence-electron chi connectivity index (χ2n) is 6.46. The van der Waals surface area contributed by atoms with Gasteiger partial charge in [0.15, 0.2) is 0 Å². The van der Waals surface area contributed by atoms with Crippen LogP contribution in [-0.2, 0) is 11.3 Å². The molecule has 3 rings (SSSR count). The minimum atomic E-state index is 0.492. The van der Waals surface area contributed by atoms with Gasteiger partial charge in [0.25, 0.3) is 0 Å². The van der Waals surface area contributed by atoms with Crippen molar-refractivity contribution < 1.29 is 4.74 Å². The number of likely N-dealkylation sites (tertiary alicyclic amines) is 1. The van der Waals surface area contributed by atoms with Crippen molar-refractivity contribution in [2.75, 3.05) is 39.9 Å². The first-order chi connectivity index (χ1) is 9.73. The fourth-order valence-electron chi connectivity index (χ4n) is 3.96. The third-order valence-electron chi connectivity index (χ3n) is 5.19.